The number of esters is 1. The van der Waals surface area contributed by atoms with Crippen molar-refractivity contribution in [2.75, 3.05) is 13.7 Å². The molecule has 0 aliphatic carbocycles. The van der Waals surface area contributed by atoms with Gasteiger partial charge in [-0.1, -0.05) is 29.8 Å². The zero-order valence-corrected chi connectivity index (χ0v) is 21.1. The van der Waals surface area contributed by atoms with E-state index in [-0.39, 0.29) is 11.5 Å². The molecule has 0 saturated carbocycles. The number of nitrogens with zero attached hydrogens (tertiary/aromatic N) is 1. The number of aryl methyl sites for hydroxylation is 1. The fraction of sp³-hybridized carbons (Fsp3) is 0.292. The first-order valence-electron chi connectivity index (χ1n) is 10.2. The van der Waals surface area contributed by atoms with Crippen LogP contribution in [0.2, 0.25) is 0 Å². The van der Waals surface area contributed by atoms with Gasteiger partial charge >= 0.3 is 5.97 Å². The Kier molecular flexibility index (Phi) is 8.20. The smallest absolute Gasteiger partial charge is 0.329 e. The van der Waals surface area contributed by atoms with Crippen LogP contribution < -0.4 is 9.47 Å². The molecule has 1 fully saturated rings. The Balaban J connectivity index is 1.82. The molecule has 9 heteroatoms. The fourth-order valence-electron chi connectivity index (χ4n) is 3.25. The first kappa shape index (κ1) is 24.9. The van der Waals surface area contributed by atoms with Gasteiger partial charge < -0.3 is 14.2 Å². The van der Waals surface area contributed by atoms with E-state index in [1.807, 2.05) is 31.2 Å². The van der Waals surface area contributed by atoms with Crippen LogP contribution in [0.5, 0.6) is 11.5 Å². The lowest BCUT2D eigenvalue weighted by Crippen LogP contribution is -2.42. The summed E-state index contributed by atoms with van der Waals surface area (Å²) in [5.74, 6) is -0.163. The maximum atomic E-state index is 12.8. The molecule has 174 valence electrons. The van der Waals surface area contributed by atoms with Gasteiger partial charge in [-0.25, -0.2) is 4.79 Å². The molecule has 1 aliphatic heterocycles. The molecule has 2 aromatic carbocycles. The highest BCUT2D eigenvalue weighted by Crippen LogP contribution is 2.40. The lowest BCUT2D eigenvalue weighted by Gasteiger charge is -2.19. The van der Waals surface area contributed by atoms with Crippen molar-refractivity contribution in [3.05, 3.63) is 62.5 Å². The largest absolute Gasteiger partial charge is 0.493 e. The van der Waals surface area contributed by atoms with E-state index < -0.39 is 23.2 Å². The van der Waals surface area contributed by atoms with Gasteiger partial charge in [0.15, 0.2) is 11.5 Å². The summed E-state index contributed by atoms with van der Waals surface area (Å²) in [6.07, 6.45) is 1.58. The van der Waals surface area contributed by atoms with E-state index in [1.54, 1.807) is 25.1 Å². The van der Waals surface area contributed by atoms with Crippen molar-refractivity contribution in [1.82, 2.24) is 4.90 Å². The molecule has 2 aromatic rings. The molecule has 2 amide bonds. The number of carbonyl (C=O) groups is 3. The van der Waals surface area contributed by atoms with Gasteiger partial charge in [-0.05, 0) is 77.8 Å². The molecule has 0 N–H and O–H groups in total. The van der Waals surface area contributed by atoms with Crippen LogP contribution in [-0.2, 0) is 20.9 Å². The van der Waals surface area contributed by atoms with Gasteiger partial charge in [0.1, 0.15) is 12.6 Å². The van der Waals surface area contributed by atoms with Gasteiger partial charge in [0, 0.05) is 0 Å². The first-order valence-corrected chi connectivity index (χ1v) is 11.9. The van der Waals surface area contributed by atoms with Crippen LogP contribution in [0.1, 0.15) is 30.5 Å². The monoisotopic (exact) mass is 533 g/mol. The third-order valence-electron chi connectivity index (χ3n) is 4.85. The summed E-state index contributed by atoms with van der Waals surface area (Å²) in [6.45, 7) is 5.68. The Morgan fingerprint density at radius 3 is 2.67 bits per heavy atom. The molecule has 33 heavy (non-hydrogen) atoms. The Bertz CT molecular complexity index is 1120. The van der Waals surface area contributed by atoms with Gasteiger partial charge in [0.05, 0.1) is 23.1 Å². The van der Waals surface area contributed by atoms with Gasteiger partial charge in [0.2, 0.25) is 0 Å². The first-order chi connectivity index (χ1) is 15.7. The number of imide groups is 1. The summed E-state index contributed by atoms with van der Waals surface area (Å²) in [5, 5.41) is -0.518. The van der Waals surface area contributed by atoms with Crippen LogP contribution in [0.4, 0.5) is 4.79 Å². The average Bonchev–Trinajstić information content (AvgIpc) is 3.05. The van der Waals surface area contributed by atoms with E-state index >= 15 is 0 Å². The summed E-state index contributed by atoms with van der Waals surface area (Å²) in [7, 11) is 1.53. The second kappa shape index (κ2) is 10.9. The lowest BCUT2D eigenvalue weighted by atomic mass is 10.1. The van der Waals surface area contributed by atoms with Crippen LogP contribution in [0.15, 0.2) is 45.8 Å². The molecule has 1 atom stereocenters. The zero-order chi connectivity index (χ0) is 24.1. The van der Waals surface area contributed by atoms with Gasteiger partial charge in [-0.3, -0.25) is 14.5 Å². The van der Waals surface area contributed by atoms with Gasteiger partial charge in [-0.2, -0.15) is 0 Å². The molecule has 7 nitrogen and oxygen atoms in total. The number of hydrogen-bond donors (Lipinski definition) is 0. The van der Waals surface area contributed by atoms with Crippen molar-refractivity contribution >= 4 is 50.9 Å². The summed E-state index contributed by atoms with van der Waals surface area (Å²) < 4.78 is 17.1. The van der Waals surface area contributed by atoms with Crippen molar-refractivity contribution in [1.29, 1.82) is 0 Å². The van der Waals surface area contributed by atoms with Crippen LogP contribution >= 0.6 is 27.7 Å². The maximum Gasteiger partial charge on any atom is 0.329 e. The van der Waals surface area contributed by atoms with Crippen LogP contribution in [0.25, 0.3) is 6.08 Å². The van der Waals surface area contributed by atoms with Crippen molar-refractivity contribution in [2.24, 2.45) is 0 Å². The minimum atomic E-state index is -0.998. The molecule has 0 bridgehead atoms. The van der Waals surface area contributed by atoms with E-state index in [9.17, 15) is 14.4 Å². The molecule has 3 rings (SSSR count). The number of amides is 2. The second-order valence-corrected chi connectivity index (χ2v) is 9.14. The van der Waals surface area contributed by atoms with Crippen molar-refractivity contribution in [3.8, 4) is 11.5 Å². The molecule has 1 heterocycles. The van der Waals surface area contributed by atoms with E-state index in [0.29, 0.717) is 28.1 Å². The summed E-state index contributed by atoms with van der Waals surface area (Å²) >= 11 is 4.29. The molecule has 0 aromatic heterocycles. The van der Waals surface area contributed by atoms with Gasteiger partial charge in [0.25, 0.3) is 11.1 Å². The van der Waals surface area contributed by atoms with Crippen molar-refractivity contribution in [3.63, 3.8) is 0 Å². The highest BCUT2D eigenvalue weighted by molar-refractivity contribution is 9.10. The van der Waals surface area contributed by atoms with Crippen molar-refractivity contribution < 1.29 is 28.6 Å². The van der Waals surface area contributed by atoms with Crippen LogP contribution in [0, 0.1) is 6.92 Å². The number of carbonyl (C=O) groups excluding carboxylic acids is 3. The number of ether oxygens (including phenoxy) is 3. The normalized spacial score (nSPS) is 15.7. The number of hydrogen-bond acceptors (Lipinski definition) is 7. The Morgan fingerprint density at radius 1 is 1.24 bits per heavy atom. The second-order valence-electron chi connectivity index (χ2n) is 7.29. The van der Waals surface area contributed by atoms with E-state index in [1.165, 1.54) is 14.0 Å². The lowest BCUT2D eigenvalue weighted by molar-refractivity contribution is -0.150. The third-order valence-corrected chi connectivity index (χ3v) is 6.33. The predicted molar refractivity (Wildman–Crippen MR) is 130 cm³/mol. The van der Waals surface area contributed by atoms with E-state index in [4.69, 9.17) is 14.2 Å². The predicted octanol–water partition coefficient (Wildman–Crippen LogP) is 5.33. The number of methoxy groups -OCH3 is 1. The van der Waals surface area contributed by atoms with Gasteiger partial charge in [-0.15, -0.1) is 0 Å². The molecule has 1 saturated heterocycles. The molecule has 0 radical (unpaired) electrons. The number of halogens is 1. The number of benzene rings is 2. The average molecular weight is 534 g/mol. The highest BCUT2D eigenvalue weighted by atomic mass is 79.9. The quantitative estimate of drug-likeness (QED) is 0.334. The van der Waals surface area contributed by atoms with E-state index in [2.05, 4.69) is 15.9 Å². The number of thioether (sulfide) groups is 1. The number of rotatable bonds is 8. The Labute approximate surface area is 205 Å². The Hall–Kier alpha value is -2.78. The summed E-state index contributed by atoms with van der Waals surface area (Å²) in [5.41, 5.74) is 2.80. The molecular weight excluding hydrogens is 510 g/mol. The van der Waals surface area contributed by atoms with E-state index in [0.717, 1.165) is 27.8 Å². The van der Waals surface area contributed by atoms with Crippen LogP contribution in [-0.4, -0.2) is 41.8 Å². The van der Waals surface area contributed by atoms with Crippen LogP contribution in [0.3, 0.4) is 0 Å². The zero-order valence-electron chi connectivity index (χ0n) is 18.7. The minimum absolute atomic E-state index is 0.168. The SMILES string of the molecule is CCOC(=O)[C@H](C)N1C(=O)S/C(=C/c2cc(Br)c(OCc3cccc(C)c3)c(OC)c2)C1=O. The third kappa shape index (κ3) is 5.78. The molecule has 0 spiro atoms. The Morgan fingerprint density at radius 2 is 2.00 bits per heavy atom. The maximum absolute atomic E-state index is 12.8. The fourth-order valence-corrected chi connectivity index (χ4v) is 4.74. The topological polar surface area (TPSA) is 82.1 Å². The molecule has 0 unspecified atom stereocenters. The minimum Gasteiger partial charge on any atom is -0.493 e. The summed E-state index contributed by atoms with van der Waals surface area (Å²) in [6, 6.07) is 10.5. The highest BCUT2D eigenvalue weighted by Gasteiger charge is 2.41. The van der Waals surface area contributed by atoms with Crippen molar-refractivity contribution in [2.45, 2.75) is 33.4 Å². The summed E-state index contributed by atoms with van der Waals surface area (Å²) in [4.78, 5) is 38.3. The standard InChI is InChI=1S/C24H24BrNO6S/c1-5-31-23(28)15(3)26-22(27)20(33-24(26)29)12-17-10-18(25)21(19(11-17)30-4)32-13-16-8-6-7-14(2)9-16/h6-12,15H,5,13H2,1-4H3/b20-12+/t15-/m0/s1. The molecular formula is C24H24BrNO6S. The molecule has 1 aliphatic rings.